The predicted molar refractivity (Wildman–Crippen MR) is 61.0 cm³/mol. The van der Waals surface area contributed by atoms with E-state index in [1.807, 2.05) is 0 Å². The van der Waals surface area contributed by atoms with E-state index in [4.69, 9.17) is 0 Å². The van der Waals surface area contributed by atoms with Crippen molar-refractivity contribution in [3.63, 3.8) is 0 Å². The van der Waals surface area contributed by atoms with E-state index in [2.05, 4.69) is 9.47 Å². The van der Waals surface area contributed by atoms with Gasteiger partial charge < -0.3 is 14.7 Å². The summed E-state index contributed by atoms with van der Waals surface area (Å²) in [4.78, 5) is 34.5. The van der Waals surface area contributed by atoms with Crippen molar-refractivity contribution in [2.24, 2.45) is 0 Å². The topological polar surface area (TPSA) is 99.0 Å². The number of methoxy groups -OCH3 is 2. The van der Waals surface area contributed by atoms with Gasteiger partial charge in [0.1, 0.15) is 4.87 Å². The Balaban J connectivity index is 5.23. The Hall–Kier alpha value is -1.70. The third-order valence-corrected chi connectivity index (χ3v) is 2.49. The number of hydrogen-bond donors (Lipinski definition) is 0. The first-order valence-electron chi connectivity index (χ1n) is 5.15. The van der Waals surface area contributed by atoms with Crippen LogP contribution in [-0.2, 0) is 19.1 Å². The van der Waals surface area contributed by atoms with Crippen LogP contribution >= 0.6 is 0 Å². The van der Waals surface area contributed by atoms with Crippen LogP contribution in [0.2, 0.25) is 0 Å². The maximum absolute atomic E-state index is 11.9. The Bertz CT molecular complexity index is 363. The summed E-state index contributed by atoms with van der Waals surface area (Å²) in [5, 5.41) is 11.7. The summed E-state index contributed by atoms with van der Waals surface area (Å²) in [5.74, 6) is -1.78. The van der Waals surface area contributed by atoms with Gasteiger partial charge in [-0.15, -0.1) is 0 Å². The molecular formula is C10H18N2O6. The SMILES string of the molecule is COC(=O)C(C)(C)N([O-])[N+](=O)C(C)(C)C(=O)OC. The van der Waals surface area contributed by atoms with Gasteiger partial charge >= 0.3 is 17.5 Å². The summed E-state index contributed by atoms with van der Waals surface area (Å²) in [6, 6.07) is 0. The first-order chi connectivity index (χ1) is 8.03. The van der Waals surface area contributed by atoms with E-state index in [9.17, 15) is 19.7 Å². The average molecular weight is 262 g/mol. The van der Waals surface area contributed by atoms with Crippen LogP contribution < -0.4 is 0 Å². The number of carbonyl (C=O) groups is 2. The van der Waals surface area contributed by atoms with Crippen molar-refractivity contribution in [1.29, 1.82) is 0 Å². The zero-order valence-corrected chi connectivity index (χ0v) is 11.3. The molecule has 0 aliphatic carbocycles. The molecule has 0 aromatic heterocycles. The highest BCUT2D eigenvalue weighted by Gasteiger charge is 2.51. The molecular weight excluding hydrogens is 244 g/mol. The summed E-state index contributed by atoms with van der Waals surface area (Å²) >= 11 is 0. The highest BCUT2D eigenvalue weighted by molar-refractivity contribution is 5.80. The summed E-state index contributed by atoms with van der Waals surface area (Å²) in [6.07, 6.45) is 0. The molecule has 0 fully saturated rings. The molecule has 0 spiro atoms. The second-order valence-electron chi connectivity index (χ2n) is 4.65. The minimum Gasteiger partial charge on any atom is -0.703 e. The molecule has 0 aromatic rings. The van der Waals surface area contributed by atoms with Gasteiger partial charge in [0.15, 0.2) is 5.54 Å². The number of ether oxygens (including phenoxy) is 2. The maximum Gasteiger partial charge on any atom is 0.385 e. The first-order valence-corrected chi connectivity index (χ1v) is 5.15. The lowest BCUT2D eigenvalue weighted by molar-refractivity contribution is -0.748. The van der Waals surface area contributed by atoms with Crippen LogP contribution in [0.3, 0.4) is 0 Å². The van der Waals surface area contributed by atoms with Crippen LogP contribution in [0.1, 0.15) is 27.7 Å². The highest BCUT2D eigenvalue weighted by Crippen LogP contribution is 2.21. The molecule has 0 aromatic carbocycles. The molecule has 0 unspecified atom stereocenters. The van der Waals surface area contributed by atoms with Crippen LogP contribution in [0.15, 0.2) is 0 Å². The lowest BCUT2D eigenvalue weighted by atomic mass is 10.0. The summed E-state index contributed by atoms with van der Waals surface area (Å²) in [5.41, 5.74) is -3.50. The van der Waals surface area contributed by atoms with Gasteiger partial charge in [-0.1, -0.05) is 0 Å². The zero-order chi connectivity index (χ0) is 14.7. The normalized spacial score (nSPS) is 11.7. The fourth-order valence-corrected chi connectivity index (χ4v) is 1.11. The van der Waals surface area contributed by atoms with Crippen molar-refractivity contribution < 1.29 is 23.9 Å². The number of nitrogens with zero attached hydrogens (tertiary/aromatic N) is 2. The molecule has 0 atom stereocenters. The van der Waals surface area contributed by atoms with Crippen molar-refractivity contribution in [3.05, 3.63) is 10.1 Å². The lowest BCUT2D eigenvalue weighted by Crippen LogP contribution is -2.58. The van der Waals surface area contributed by atoms with Gasteiger partial charge in [-0.3, -0.25) is 0 Å². The molecule has 0 bridgehead atoms. The number of hydrazine groups is 1. The quantitative estimate of drug-likeness (QED) is 0.401. The van der Waals surface area contributed by atoms with E-state index in [1.165, 1.54) is 27.7 Å². The number of nitroso groups, excluding NO2 is 1. The van der Waals surface area contributed by atoms with Gasteiger partial charge in [0.2, 0.25) is 0 Å². The van der Waals surface area contributed by atoms with E-state index in [-0.39, 0.29) is 10.0 Å². The molecule has 0 amide bonds. The summed E-state index contributed by atoms with van der Waals surface area (Å²) in [6.45, 7) is 4.85. The van der Waals surface area contributed by atoms with Crippen molar-refractivity contribution in [2.75, 3.05) is 14.2 Å². The van der Waals surface area contributed by atoms with Gasteiger partial charge in [0, 0.05) is 13.8 Å². The van der Waals surface area contributed by atoms with Crippen molar-refractivity contribution in [1.82, 2.24) is 5.17 Å². The minimum absolute atomic E-state index is 0.143. The van der Waals surface area contributed by atoms with Crippen LogP contribution in [0, 0.1) is 10.1 Å². The number of esters is 2. The second-order valence-corrected chi connectivity index (χ2v) is 4.65. The molecule has 0 aliphatic heterocycles. The molecule has 0 saturated heterocycles. The molecule has 0 heterocycles. The molecule has 8 heteroatoms. The molecule has 0 saturated carbocycles. The molecule has 0 radical (unpaired) electrons. The largest absolute Gasteiger partial charge is 0.703 e. The number of rotatable bonds is 5. The molecule has 18 heavy (non-hydrogen) atoms. The Morgan fingerprint density at radius 2 is 1.44 bits per heavy atom. The minimum atomic E-state index is -1.75. The Kier molecular flexibility index (Phi) is 4.80. The lowest BCUT2D eigenvalue weighted by Gasteiger charge is -2.35. The van der Waals surface area contributed by atoms with E-state index in [0.29, 0.717) is 0 Å². The van der Waals surface area contributed by atoms with Crippen LogP contribution in [0.5, 0.6) is 0 Å². The van der Waals surface area contributed by atoms with Crippen LogP contribution in [0.25, 0.3) is 0 Å². The third kappa shape index (κ3) is 2.76. The van der Waals surface area contributed by atoms with E-state index in [1.54, 1.807) is 0 Å². The van der Waals surface area contributed by atoms with Crippen LogP contribution in [-0.4, -0.2) is 47.3 Å². The number of hydrogen-bond acceptors (Lipinski definition) is 6. The fraction of sp³-hybridized carbons (Fsp3) is 0.800. The van der Waals surface area contributed by atoms with Crippen molar-refractivity contribution in [3.8, 4) is 0 Å². The van der Waals surface area contributed by atoms with Gasteiger partial charge in [0.25, 0.3) is 0 Å². The molecule has 0 rings (SSSR count). The van der Waals surface area contributed by atoms with Gasteiger partial charge in [-0.25, -0.2) is 9.59 Å². The summed E-state index contributed by atoms with van der Waals surface area (Å²) < 4.78 is 8.85. The average Bonchev–Trinajstić information content (AvgIpc) is 2.34. The Labute approximate surface area is 105 Å². The molecule has 8 nitrogen and oxygen atoms in total. The van der Waals surface area contributed by atoms with Crippen molar-refractivity contribution in [2.45, 2.75) is 38.8 Å². The van der Waals surface area contributed by atoms with Gasteiger partial charge in [-0.05, 0) is 13.8 Å². The predicted octanol–water partition coefficient (Wildman–Crippen LogP) is 0.383. The number of carbonyl (C=O) groups excluding carboxylic acids is 2. The van der Waals surface area contributed by atoms with Gasteiger partial charge in [0.05, 0.1) is 19.1 Å². The highest BCUT2D eigenvalue weighted by atomic mass is 16.6. The number of hydroxylamine groups is 1. The van der Waals surface area contributed by atoms with Crippen molar-refractivity contribution >= 4 is 11.9 Å². The third-order valence-electron chi connectivity index (χ3n) is 2.49. The fourth-order valence-electron chi connectivity index (χ4n) is 1.11. The van der Waals surface area contributed by atoms with Crippen LogP contribution in [0.4, 0.5) is 0 Å². The monoisotopic (exact) mass is 262 g/mol. The van der Waals surface area contributed by atoms with E-state index < -0.39 is 23.0 Å². The Morgan fingerprint density at radius 1 is 1.06 bits per heavy atom. The van der Waals surface area contributed by atoms with Gasteiger partial charge in [-0.2, -0.15) is 5.17 Å². The Morgan fingerprint density at radius 3 is 1.78 bits per heavy atom. The zero-order valence-electron chi connectivity index (χ0n) is 11.3. The van der Waals surface area contributed by atoms with E-state index >= 15 is 0 Å². The smallest absolute Gasteiger partial charge is 0.385 e. The molecule has 0 aliphatic rings. The first kappa shape index (κ1) is 16.3. The van der Waals surface area contributed by atoms with E-state index in [0.717, 1.165) is 14.2 Å². The molecule has 0 N–H and O–H groups in total. The molecule has 104 valence electrons. The standard InChI is InChI=1S/C10H18N2O6/c1-9(2,7(13)17-5)11(15)12(16)10(3,4)8(14)18-6/h1-6H3. The summed E-state index contributed by atoms with van der Waals surface area (Å²) in [7, 11) is 2.19. The second kappa shape index (κ2) is 5.30. The maximum atomic E-state index is 11.9.